The van der Waals surface area contributed by atoms with E-state index in [-0.39, 0.29) is 6.61 Å². The molecule has 0 atom stereocenters. The minimum absolute atomic E-state index is 0.230. The molecule has 0 amide bonds. The zero-order valence-electron chi connectivity index (χ0n) is 9.39. The van der Waals surface area contributed by atoms with Crippen molar-refractivity contribution >= 4 is 10.9 Å². The maximum Gasteiger partial charge on any atom is 0.0485 e. The predicted molar refractivity (Wildman–Crippen MR) is 65.6 cm³/mol. The first kappa shape index (κ1) is 9.91. The maximum atomic E-state index is 9.05. The molecular formula is C14H17NO. The van der Waals surface area contributed by atoms with Gasteiger partial charge in [0.15, 0.2) is 0 Å². The molecule has 1 N–H and O–H groups in total. The van der Waals surface area contributed by atoms with Gasteiger partial charge in [0.05, 0.1) is 0 Å². The van der Waals surface area contributed by atoms with Crippen LogP contribution in [-0.2, 0) is 6.42 Å². The highest BCUT2D eigenvalue weighted by Crippen LogP contribution is 2.35. The first-order valence-electron chi connectivity index (χ1n) is 6.09. The Morgan fingerprint density at radius 2 is 2.12 bits per heavy atom. The number of nitrogens with zero attached hydrogens (tertiary/aromatic N) is 1. The molecular weight excluding hydrogens is 198 g/mol. The zero-order chi connectivity index (χ0) is 11.0. The largest absolute Gasteiger partial charge is 0.396 e. The first-order valence-corrected chi connectivity index (χ1v) is 6.09. The van der Waals surface area contributed by atoms with Gasteiger partial charge in [-0.1, -0.05) is 12.1 Å². The van der Waals surface area contributed by atoms with Gasteiger partial charge in [-0.05, 0) is 43.4 Å². The van der Waals surface area contributed by atoms with Crippen LogP contribution in [0.5, 0.6) is 0 Å². The lowest BCUT2D eigenvalue weighted by Gasteiger charge is -2.28. The smallest absolute Gasteiger partial charge is 0.0485 e. The molecule has 2 aromatic rings. The summed E-state index contributed by atoms with van der Waals surface area (Å²) in [5.74, 6) is 0. The summed E-state index contributed by atoms with van der Waals surface area (Å²) in [5.41, 5.74) is 2.59. The van der Waals surface area contributed by atoms with Crippen molar-refractivity contribution in [3.63, 3.8) is 0 Å². The standard InChI is InChI=1S/C14H17NO/c16-10-8-11-3-1-6-14-13(11)7-9-15(14)12-4-2-5-12/h1,3,6-7,9,12,16H,2,4-5,8,10H2. The Kier molecular flexibility index (Phi) is 2.44. The average Bonchev–Trinajstić information content (AvgIpc) is 2.62. The van der Waals surface area contributed by atoms with Gasteiger partial charge in [0.25, 0.3) is 0 Å². The van der Waals surface area contributed by atoms with Crippen LogP contribution in [-0.4, -0.2) is 16.3 Å². The second-order valence-electron chi connectivity index (χ2n) is 4.63. The van der Waals surface area contributed by atoms with Crippen LogP contribution < -0.4 is 0 Å². The minimum atomic E-state index is 0.230. The third-order valence-corrected chi connectivity index (χ3v) is 3.70. The van der Waals surface area contributed by atoms with Crippen LogP contribution in [0, 0.1) is 0 Å². The van der Waals surface area contributed by atoms with E-state index in [1.807, 2.05) is 0 Å². The van der Waals surface area contributed by atoms with Gasteiger partial charge >= 0.3 is 0 Å². The number of benzene rings is 1. The number of aromatic nitrogens is 1. The highest BCUT2D eigenvalue weighted by molar-refractivity contribution is 5.83. The van der Waals surface area contributed by atoms with Crippen molar-refractivity contribution < 1.29 is 5.11 Å². The highest BCUT2D eigenvalue weighted by Gasteiger charge is 2.20. The summed E-state index contributed by atoms with van der Waals surface area (Å²) in [6.07, 6.45) is 6.95. The zero-order valence-corrected chi connectivity index (χ0v) is 9.39. The summed E-state index contributed by atoms with van der Waals surface area (Å²) in [5, 5.41) is 10.4. The van der Waals surface area contributed by atoms with Crippen LogP contribution in [0.15, 0.2) is 30.5 Å². The predicted octanol–water partition coefficient (Wildman–Crippen LogP) is 2.90. The summed E-state index contributed by atoms with van der Waals surface area (Å²) in [6.45, 7) is 0.230. The fraction of sp³-hybridized carbons (Fsp3) is 0.429. The van der Waals surface area contributed by atoms with Gasteiger partial charge in [-0.3, -0.25) is 0 Å². The Labute approximate surface area is 95.5 Å². The molecule has 0 aliphatic heterocycles. The molecule has 1 heterocycles. The summed E-state index contributed by atoms with van der Waals surface area (Å²) < 4.78 is 2.40. The van der Waals surface area contributed by atoms with E-state index in [1.54, 1.807) is 0 Å². The molecule has 0 spiro atoms. The van der Waals surface area contributed by atoms with Gasteiger partial charge in [0, 0.05) is 29.7 Å². The minimum Gasteiger partial charge on any atom is -0.396 e. The van der Waals surface area contributed by atoms with Crippen molar-refractivity contribution in [2.24, 2.45) is 0 Å². The molecule has 1 saturated carbocycles. The Morgan fingerprint density at radius 1 is 1.25 bits per heavy atom. The number of hydrogen-bond acceptors (Lipinski definition) is 1. The molecule has 1 fully saturated rings. The number of aliphatic hydroxyl groups is 1. The first-order chi connectivity index (χ1) is 7.90. The Bertz CT molecular complexity index is 496. The molecule has 0 bridgehead atoms. The third-order valence-electron chi connectivity index (χ3n) is 3.70. The van der Waals surface area contributed by atoms with Crippen LogP contribution >= 0.6 is 0 Å². The lowest BCUT2D eigenvalue weighted by molar-refractivity contribution is 0.300. The van der Waals surface area contributed by atoms with E-state index in [9.17, 15) is 0 Å². The summed E-state index contributed by atoms with van der Waals surface area (Å²) in [7, 11) is 0. The lowest BCUT2D eigenvalue weighted by atomic mass is 9.93. The van der Waals surface area contributed by atoms with Crippen LogP contribution in [0.4, 0.5) is 0 Å². The Morgan fingerprint density at radius 3 is 2.81 bits per heavy atom. The molecule has 1 aliphatic rings. The van der Waals surface area contributed by atoms with Gasteiger partial charge < -0.3 is 9.67 Å². The fourth-order valence-electron chi connectivity index (χ4n) is 2.57. The van der Waals surface area contributed by atoms with E-state index in [2.05, 4.69) is 35.0 Å². The molecule has 3 rings (SSSR count). The number of rotatable bonds is 3. The van der Waals surface area contributed by atoms with Crippen LogP contribution in [0.1, 0.15) is 30.9 Å². The molecule has 2 nitrogen and oxygen atoms in total. The highest BCUT2D eigenvalue weighted by atomic mass is 16.2. The molecule has 16 heavy (non-hydrogen) atoms. The summed E-state index contributed by atoms with van der Waals surface area (Å²) >= 11 is 0. The molecule has 0 saturated heterocycles. The van der Waals surface area contributed by atoms with E-state index in [1.165, 1.54) is 35.7 Å². The molecule has 1 aliphatic carbocycles. The quantitative estimate of drug-likeness (QED) is 0.836. The summed E-state index contributed by atoms with van der Waals surface area (Å²) in [4.78, 5) is 0. The maximum absolute atomic E-state index is 9.05. The molecule has 0 unspecified atom stereocenters. The molecule has 84 valence electrons. The van der Waals surface area contributed by atoms with Crippen molar-refractivity contribution in [2.75, 3.05) is 6.61 Å². The average molecular weight is 215 g/mol. The Balaban J connectivity index is 2.08. The Hall–Kier alpha value is -1.28. The van der Waals surface area contributed by atoms with Crippen molar-refractivity contribution in [2.45, 2.75) is 31.7 Å². The van der Waals surface area contributed by atoms with E-state index in [4.69, 9.17) is 5.11 Å². The third kappa shape index (κ3) is 1.45. The normalized spacial score (nSPS) is 16.6. The van der Waals surface area contributed by atoms with Gasteiger partial charge in [0.1, 0.15) is 0 Å². The topological polar surface area (TPSA) is 25.2 Å². The second kappa shape index (κ2) is 3.95. The summed E-state index contributed by atoms with van der Waals surface area (Å²) in [6, 6.07) is 9.31. The van der Waals surface area contributed by atoms with Crippen LogP contribution in [0.3, 0.4) is 0 Å². The number of hydrogen-bond donors (Lipinski definition) is 1. The van der Waals surface area contributed by atoms with Gasteiger partial charge in [0.2, 0.25) is 0 Å². The number of fused-ring (bicyclic) bond motifs is 1. The van der Waals surface area contributed by atoms with E-state index >= 15 is 0 Å². The van der Waals surface area contributed by atoms with Crippen LogP contribution in [0.25, 0.3) is 10.9 Å². The fourth-order valence-corrected chi connectivity index (χ4v) is 2.57. The van der Waals surface area contributed by atoms with E-state index in [0.717, 1.165) is 6.42 Å². The second-order valence-corrected chi connectivity index (χ2v) is 4.63. The molecule has 1 aromatic carbocycles. The van der Waals surface area contributed by atoms with Crippen molar-refractivity contribution in [3.8, 4) is 0 Å². The lowest BCUT2D eigenvalue weighted by Crippen LogP contribution is -2.15. The molecule has 1 aromatic heterocycles. The van der Waals surface area contributed by atoms with Crippen molar-refractivity contribution in [1.29, 1.82) is 0 Å². The SMILES string of the molecule is OCCc1cccc2c1ccn2C1CCC1. The van der Waals surface area contributed by atoms with Gasteiger partial charge in [-0.15, -0.1) is 0 Å². The molecule has 0 radical (unpaired) electrons. The number of aliphatic hydroxyl groups excluding tert-OH is 1. The molecule has 2 heteroatoms. The van der Waals surface area contributed by atoms with Crippen molar-refractivity contribution in [3.05, 3.63) is 36.0 Å². The van der Waals surface area contributed by atoms with Gasteiger partial charge in [-0.2, -0.15) is 0 Å². The van der Waals surface area contributed by atoms with E-state index in [0.29, 0.717) is 6.04 Å². The van der Waals surface area contributed by atoms with E-state index < -0.39 is 0 Å². The monoisotopic (exact) mass is 215 g/mol. The van der Waals surface area contributed by atoms with Gasteiger partial charge in [-0.25, -0.2) is 0 Å². The van der Waals surface area contributed by atoms with Crippen LogP contribution in [0.2, 0.25) is 0 Å². The van der Waals surface area contributed by atoms with Crippen molar-refractivity contribution in [1.82, 2.24) is 4.57 Å².